The average Bonchev–Trinajstić information content (AvgIpc) is 2.25. The average molecular weight is 309 g/mol. The second kappa shape index (κ2) is 6.45. The first-order valence-corrected chi connectivity index (χ1v) is 9.20. The Labute approximate surface area is 119 Å². The number of hydrogen-bond donors (Lipinski definition) is 1. The van der Waals surface area contributed by atoms with Gasteiger partial charge in [0.25, 0.3) is 0 Å². The van der Waals surface area contributed by atoms with Gasteiger partial charge in [0, 0.05) is 30.6 Å². The molecule has 7 heteroatoms. The van der Waals surface area contributed by atoms with Crippen LogP contribution in [0, 0.1) is 0 Å². The molecule has 1 aliphatic rings. The summed E-state index contributed by atoms with van der Waals surface area (Å²) in [5, 5.41) is 8.89. The summed E-state index contributed by atoms with van der Waals surface area (Å²) in [7, 11) is -3.14. The summed E-state index contributed by atoms with van der Waals surface area (Å²) >= 11 is 1.73. The van der Waals surface area contributed by atoms with Crippen LogP contribution >= 0.6 is 11.8 Å². The Kier molecular flexibility index (Phi) is 5.70. The Morgan fingerprint density at radius 1 is 1.42 bits per heavy atom. The summed E-state index contributed by atoms with van der Waals surface area (Å²) in [5.74, 6) is 0.973. The maximum Gasteiger partial charge on any atom is 0.304 e. The minimum atomic E-state index is -3.14. The molecular weight excluding hydrogens is 286 g/mol. The molecule has 0 spiro atoms. The van der Waals surface area contributed by atoms with Gasteiger partial charge < -0.3 is 5.11 Å². The predicted molar refractivity (Wildman–Crippen MR) is 78.5 cm³/mol. The Hall–Kier alpha value is -0.270. The number of nitrogens with zero attached hydrogens (tertiary/aromatic N) is 1. The van der Waals surface area contributed by atoms with Crippen molar-refractivity contribution in [2.45, 2.75) is 38.0 Å². The normalized spacial score (nSPS) is 22.4. The molecule has 1 rings (SSSR count). The zero-order valence-electron chi connectivity index (χ0n) is 11.8. The van der Waals surface area contributed by atoms with Gasteiger partial charge in [0.15, 0.2) is 9.84 Å². The third-order valence-corrected chi connectivity index (χ3v) is 7.02. The van der Waals surface area contributed by atoms with Gasteiger partial charge in [-0.25, -0.2) is 8.42 Å². The van der Waals surface area contributed by atoms with Gasteiger partial charge in [0.2, 0.25) is 0 Å². The van der Waals surface area contributed by atoms with Crippen LogP contribution in [0.2, 0.25) is 0 Å². The molecular formula is C12H23NO4S2. The van der Waals surface area contributed by atoms with Gasteiger partial charge >= 0.3 is 5.97 Å². The van der Waals surface area contributed by atoms with Crippen LogP contribution in [0.15, 0.2) is 0 Å². The van der Waals surface area contributed by atoms with E-state index in [1.807, 2.05) is 4.90 Å². The first-order chi connectivity index (χ1) is 8.63. The molecule has 0 aliphatic carbocycles. The molecule has 0 aromatic heterocycles. The first kappa shape index (κ1) is 16.8. The molecule has 19 heavy (non-hydrogen) atoms. The highest BCUT2D eigenvalue weighted by Gasteiger charge is 2.31. The monoisotopic (exact) mass is 309 g/mol. The summed E-state index contributed by atoms with van der Waals surface area (Å²) < 4.78 is 23.4. The van der Waals surface area contributed by atoms with Crippen LogP contribution in [-0.4, -0.2) is 65.5 Å². The number of carboxylic acid groups (broad SMARTS) is 1. The third kappa shape index (κ3) is 4.96. The number of aliphatic carboxylic acids is 1. The summed E-state index contributed by atoms with van der Waals surface area (Å²) in [5.41, 5.74) is 0. The molecule has 0 bridgehead atoms. The third-order valence-electron chi connectivity index (χ3n) is 3.34. The molecule has 1 heterocycles. The second-order valence-corrected chi connectivity index (χ2v) is 9.81. The molecule has 0 radical (unpaired) electrons. The van der Waals surface area contributed by atoms with E-state index in [-0.39, 0.29) is 18.2 Å². The summed E-state index contributed by atoms with van der Waals surface area (Å²) in [6.07, 6.45) is 0.0859. The van der Waals surface area contributed by atoms with Crippen molar-refractivity contribution < 1.29 is 18.3 Å². The fourth-order valence-electron chi connectivity index (χ4n) is 1.92. The molecule has 0 aromatic carbocycles. The van der Waals surface area contributed by atoms with E-state index in [1.54, 1.807) is 32.5 Å². The highest BCUT2D eigenvalue weighted by molar-refractivity contribution is 7.99. The smallest absolute Gasteiger partial charge is 0.304 e. The van der Waals surface area contributed by atoms with Crippen LogP contribution in [0.4, 0.5) is 0 Å². The van der Waals surface area contributed by atoms with Crippen molar-refractivity contribution in [1.82, 2.24) is 4.90 Å². The lowest BCUT2D eigenvalue weighted by atomic mass is 10.2. The molecule has 5 nitrogen and oxygen atoms in total. The zero-order valence-corrected chi connectivity index (χ0v) is 13.4. The van der Waals surface area contributed by atoms with E-state index >= 15 is 0 Å². The zero-order chi connectivity index (χ0) is 14.7. The largest absolute Gasteiger partial charge is 0.481 e. The van der Waals surface area contributed by atoms with Crippen LogP contribution < -0.4 is 0 Å². The van der Waals surface area contributed by atoms with Gasteiger partial charge in [-0.2, -0.15) is 11.8 Å². The topological polar surface area (TPSA) is 74.7 Å². The highest BCUT2D eigenvalue weighted by atomic mass is 32.2. The van der Waals surface area contributed by atoms with E-state index in [4.69, 9.17) is 5.11 Å². The molecule has 0 saturated carbocycles. The van der Waals surface area contributed by atoms with Gasteiger partial charge in [-0.05, 0) is 20.8 Å². The van der Waals surface area contributed by atoms with Crippen molar-refractivity contribution in [1.29, 1.82) is 0 Å². The van der Waals surface area contributed by atoms with Gasteiger partial charge in [-0.1, -0.05) is 0 Å². The van der Waals surface area contributed by atoms with Crippen molar-refractivity contribution in [2.75, 3.05) is 30.3 Å². The van der Waals surface area contributed by atoms with Gasteiger partial charge in [-0.15, -0.1) is 0 Å². The van der Waals surface area contributed by atoms with E-state index in [9.17, 15) is 13.2 Å². The van der Waals surface area contributed by atoms with Crippen molar-refractivity contribution in [3.05, 3.63) is 0 Å². The Morgan fingerprint density at radius 2 is 2.05 bits per heavy atom. The van der Waals surface area contributed by atoms with Crippen molar-refractivity contribution in [2.24, 2.45) is 0 Å². The van der Waals surface area contributed by atoms with Crippen LogP contribution in [-0.2, 0) is 14.6 Å². The van der Waals surface area contributed by atoms with Gasteiger partial charge in [-0.3, -0.25) is 9.69 Å². The molecule has 1 fully saturated rings. The lowest BCUT2D eigenvalue weighted by Gasteiger charge is -2.35. The van der Waals surface area contributed by atoms with Gasteiger partial charge in [0.05, 0.1) is 16.9 Å². The fourth-order valence-corrected chi connectivity index (χ4v) is 4.14. The lowest BCUT2D eigenvalue weighted by Crippen LogP contribution is -2.46. The van der Waals surface area contributed by atoms with Crippen molar-refractivity contribution in [3.8, 4) is 0 Å². The van der Waals surface area contributed by atoms with E-state index in [2.05, 4.69) is 0 Å². The molecule has 1 unspecified atom stereocenters. The molecule has 1 aliphatic heterocycles. The number of sulfone groups is 1. The van der Waals surface area contributed by atoms with E-state index in [0.29, 0.717) is 6.54 Å². The standard InChI is InChI=1S/C12H23NO4S2/c1-12(2,3)19(16,17)7-5-13-4-6-18-9-10(13)8-11(14)15/h10H,4-9H2,1-3H3,(H,14,15). The number of carbonyl (C=O) groups is 1. The van der Waals surface area contributed by atoms with Crippen LogP contribution in [0.1, 0.15) is 27.2 Å². The lowest BCUT2D eigenvalue weighted by molar-refractivity contribution is -0.138. The molecule has 1 atom stereocenters. The Balaban J connectivity index is 2.61. The first-order valence-electron chi connectivity index (χ1n) is 6.39. The van der Waals surface area contributed by atoms with Crippen molar-refractivity contribution in [3.63, 3.8) is 0 Å². The van der Waals surface area contributed by atoms with Gasteiger partial charge in [0.1, 0.15) is 0 Å². The van der Waals surface area contributed by atoms with Crippen LogP contribution in [0.5, 0.6) is 0 Å². The summed E-state index contributed by atoms with van der Waals surface area (Å²) in [6.45, 7) is 6.29. The summed E-state index contributed by atoms with van der Waals surface area (Å²) in [6, 6.07) is -0.0496. The predicted octanol–water partition coefficient (Wildman–Crippen LogP) is 1.09. The minimum Gasteiger partial charge on any atom is -0.481 e. The van der Waals surface area contributed by atoms with Crippen LogP contribution in [0.3, 0.4) is 0 Å². The van der Waals surface area contributed by atoms with Crippen molar-refractivity contribution >= 4 is 27.6 Å². The quantitative estimate of drug-likeness (QED) is 0.819. The Bertz CT molecular complexity index is 414. The molecule has 1 N–H and O–H groups in total. The van der Waals surface area contributed by atoms with Crippen LogP contribution in [0.25, 0.3) is 0 Å². The molecule has 0 aromatic rings. The minimum absolute atomic E-state index is 0.0496. The maximum absolute atomic E-state index is 12.1. The molecule has 1 saturated heterocycles. The molecule has 0 amide bonds. The number of hydrogen-bond acceptors (Lipinski definition) is 5. The highest BCUT2D eigenvalue weighted by Crippen LogP contribution is 2.21. The van der Waals surface area contributed by atoms with E-state index in [1.165, 1.54) is 0 Å². The number of rotatable bonds is 5. The fraction of sp³-hybridized carbons (Fsp3) is 0.917. The summed E-state index contributed by atoms with van der Waals surface area (Å²) in [4.78, 5) is 12.8. The number of carboxylic acids is 1. The maximum atomic E-state index is 12.1. The number of thioether (sulfide) groups is 1. The molecule has 112 valence electrons. The SMILES string of the molecule is CC(C)(C)S(=O)(=O)CCN1CCSCC1CC(=O)O. The van der Waals surface area contributed by atoms with E-state index in [0.717, 1.165) is 18.1 Å². The second-order valence-electron chi connectivity index (χ2n) is 5.79. The Morgan fingerprint density at radius 3 is 2.58 bits per heavy atom. The van der Waals surface area contributed by atoms with E-state index < -0.39 is 20.6 Å².